The monoisotopic (exact) mass is 226 g/mol. The van der Waals surface area contributed by atoms with Gasteiger partial charge in [0.05, 0.1) is 14.2 Å². The Kier molecular flexibility index (Phi) is 2.56. The molecular formula is C10H10O2S2. The Labute approximate surface area is 91.9 Å². The number of methoxy groups -OCH3 is 2. The lowest BCUT2D eigenvalue weighted by Crippen LogP contribution is -1.82. The number of thiol groups is 1. The Bertz CT molecular complexity index is 462. The highest BCUT2D eigenvalue weighted by molar-refractivity contribution is 7.80. The van der Waals surface area contributed by atoms with Gasteiger partial charge in [-0.3, -0.25) is 0 Å². The highest BCUT2D eigenvalue weighted by Crippen LogP contribution is 2.38. The minimum Gasteiger partial charge on any atom is -0.496 e. The fourth-order valence-corrected chi connectivity index (χ4v) is 2.61. The van der Waals surface area contributed by atoms with Crippen molar-refractivity contribution in [3.63, 3.8) is 0 Å². The van der Waals surface area contributed by atoms with Gasteiger partial charge in [0.2, 0.25) is 0 Å². The van der Waals surface area contributed by atoms with Crippen LogP contribution in [0.15, 0.2) is 23.1 Å². The molecule has 0 aliphatic rings. The minimum absolute atomic E-state index is 0.840. The van der Waals surface area contributed by atoms with Crippen molar-refractivity contribution < 1.29 is 9.47 Å². The summed E-state index contributed by atoms with van der Waals surface area (Å²) in [7, 11) is 3.32. The summed E-state index contributed by atoms with van der Waals surface area (Å²) in [6.45, 7) is 0. The van der Waals surface area contributed by atoms with Crippen molar-refractivity contribution >= 4 is 34.1 Å². The molecule has 0 fully saturated rings. The van der Waals surface area contributed by atoms with Crippen LogP contribution in [-0.2, 0) is 0 Å². The molecule has 2 nitrogen and oxygen atoms in total. The van der Waals surface area contributed by atoms with E-state index in [0.717, 1.165) is 25.8 Å². The van der Waals surface area contributed by atoms with Crippen molar-refractivity contribution in [1.82, 2.24) is 0 Å². The van der Waals surface area contributed by atoms with Gasteiger partial charge < -0.3 is 9.47 Å². The molecule has 14 heavy (non-hydrogen) atoms. The lowest BCUT2D eigenvalue weighted by Gasteiger charge is -2.01. The molecule has 0 aliphatic carbocycles. The Balaban J connectivity index is 2.71. The molecule has 0 amide bonds. The molecule has 0 N–H and O–H groups in total. The van der Waals surface area contributed by atoms with Gasteiger partial charge in [0.1, 0.15) is 5.75 Å². The van der Waals surface area contributed by atoms with Gasteiger partial charge in [0, 0.05) is 21.0 Å². The summed E-state index contributed by atoms with van der Waals surface area (Å²) in [4.78, 5) is 0.902. The molecule has 0 spiro atoms. The van der Waals surface area contributed by atoms with Crippen LogP contribution in [0, 0.1) is 0 Å². The Morgan fingerprint density at radius 1 is 1.14 bits per heavy atom. The number of hydrogen-bond acceptors (Lipinski definition) is 4. The second-order valence-electron chi connectivity index (χ2n) is 2.83. The van der Waals surface area contributed by atoms with Crippen molar-refractivity contribution in [2.75, 3.05) is 14.2 Å². The number of benzene rings is 1. The lowest BCUT2D eigenvalue weighted by molar-refractivity contribution is 0.417. The van der Waals surface area contributed by atoms with Crippen molar-refractivity contribution in [2.45, 2.75) is 4.90 Å². The molecule has 74 valence electrons. The normalized spacial score (nSPS) is 10.5. The van der Waals surface area contributed by atoms with Crippen LogP contribution in [-0.4, -0.2) is 14.2 Å². The number of fused-ring (bicyclic) bond motifs is 1. The zero-order valence-corrected chi connectivity index (χ0v) is 9.61. The van der Waals surface area contributed by atoms with E-state index in [4.69, 9.17) is 9.47 Å². The highest BCUT2D eigenvalue weighted by atomic mass is 32.1. The smallest absolute Gasteiger partial charge is 0.174 e. The first-order valence-corrected chi connectivity index (χ1v) is 5.35. The highest BCUT2D eigenvalue weighted by Gasteiger charge is 2.07. The molecule has 0 atom stereocenters. The van der Waals surface area contributed by atoms with Gasteiger partial charge in [-0.2, -0.15) is 0 Å². The lowest BCUT2D eigenvalue weighted by atomic mass is 10.2. The van der Waals surface area contributed by atoms with E-state index in [1.54, 1.807) is 25.6 Å². The fraction of sp³-hybridized carbons (Fsp3) is 0.200. The van der Waals surface area contributed by atoms with Crippen LogP contribution in [0.5, 0.6) is 10.8 Å². The first-order valence-electron chi connectivity index (χ1n) is 4.09. The molecule has 2 rings (SSSR count). The van der Waals surface area contributed by atoms with Crippen molar-refractivity contribution in [3.05, 3.63) is 18.2 Å². The van der Waals surface area contributed by atoms with Crippen LogP contribution in [0.2, 0.25) is 0 Å². The van der Waals surface area contributed by atoms with Crippen molar-refractivity contribution in [1.29, 1.82) is 0 Å². The van der Waals surface area contributed by atoms with Crippen LogP contribution in [0.4, 0.5) is 0 Å². The second kappa shape index (κ2) is 3.71. The first kappa shape index (κ1) is 9.68. The van der Waals surface area contributed by atoms with E-state index >= 15 is 0 Å². The topological polar surface area (TPSA) is 18.5 Å². The second-order valence-corrected chi connectivity index (χ2v) is 4.39. The first-order chi connectivity index (χ1) is 6.74. The van der Waals surface area contributed by atoms with Crippen LogP contribution in [0.25, 0.3) is 10.1 Å². The maximum atomic E-state index is 5.27. The van der Waals surface area contributed by atoms with Crippen molar-refractivity contribution in [2.24, 2.45) is 0 Å². The van der Waals surface area contributed by atoms with E-state index < -0.39 is 0 Å². The molecule has 1 heterocycles. The van der Waals surface area contributed by atoms with E-state index in [1.807, 2.05) is 18.2 Å². The molecule has 0 bridgehead atoms. The Morgan fingerprint density at radius 2 is 1.93 bits per heavy atom. The molecule has 2 aromatic rings. The van der Waals surface area contributed by atoms with Gasteiger partial charge in [0.25, 0.3) is 0 Å². The summed E-state index contributed by atoms with van der Waals surface area (Å²) < 4.78 is 11.6. The third-order valence-electron chi connectivity index (χ3n) is 1.98. The average molecular weight is 226 g/mol. The minimum atomic E-state index is 0.840. The zero-order chi connectivity index (χ0) is 10.1. The summed E-state index contributed by atoms with van der Waals surface area (Å²) in [5.41, 5.74) is 0. The third-order valence-corrected chi connectivity index (χ3v) is 3.28. The number of ether oxygens (including phenoxy) is 2. The maximum absolute atomic E-state index is 5.27. The van der Waals surface area contributed by atoms with E-state index in [1.165, 1.54) is 0 Å². The predicted molar refractivity (Wildman–Crippen MR) is 62.2 cm³/mol. The van der Waals surface area contributed by atoms with E-state index in [0.29, 0.717) is 0 Å². The van der Waals surface area contributed by atoms with Gasteiger partial charge in [0.15, 0.2) is 5.06 Å². The van der Waals surface area contributed by atoms with E-state index in [9.17, 15) is 0 Å². The van der Waals surface area contributed by atoms with Crippen LogP contribution >= 0.6 is 24.0 Å². The fourth-order valence-electron chi connectivity index (χ4n) is 1.34. The molecule has 0 saturated heterocycles. The molecule has 0 aliphatic heterocycles. The summed E-state index contributed by atoms with van der Waals surface area (Å²) in [6, 6.07) is 5.89. The van der Waals surface area contributed by atoms with Gasteiger partial charge >= 0.3 is 0 Å². The molecule has 1 aromatic heterocycles. The Hall–Kier alpha value is -0.870. The van der Waals surface area contributed by atoms with Gasteiger partial charge in [-0.25, -0.2) is 0 Å². The summed E-state index contributed by atoms with van der Waals surface area (Å²) >= 11 is 5.90. The molecular weight excluding hydrogens is 216 g/mol. The summed E-state index contributed by atoms with van der Waals surface area (Å²) in [5, 5.41) is 1.96. The molecule has 0 saturated carbocycles. The largest absolute Gasteiger partial charge is 0.496 e. The molecule has 0 unspecified atom stereocenters. The van der Waals surface area contributed by atoms with Crippen LogP contribution in [0.3, 0.4) is 0 Å². The van der Waals surface area contributed by atoms with Crippen LogP contribution < -0.4 is 9.47 Å². The van der Waals surface area contributed by atoms with Crippen LogP contribution in [0.1, 0.15) is 0 Å². The predicted octanol–water partition coefficient (Wildman–Crippen LogP) is 3.21. The standard InChI is InChI=1S/C10H10O2S2/c1-11-8-3-6(13)4-9-7(8)5-10(12-2)14-9/h3-5,13H,1-2H3. The van der Waals surface area contributed by atoms with E-state index in [2.05, 4.69) is 12.6 Å². The number of rotatable bonds is 2. The van der Waals surface area contributed by atoms with E-state index in [-0.39, 0.29) is 0 Å². The van der Waals surface area contributed by atoms with Crippen molar-refractivity contribution in [3.8, 4) is 10.8 Å². The molecule has 0 radical (unpaired) electrons. The molecule has 1 aromatic carbocycles. The third kappa shape index (κ3) is 1.55. The summed E-state index contributed by atoms with van der Waals surface area (Å²) in [5.74, 6) is 0.840. The van der Waals surface area contributed by atoms with Gasteiger partial charge in [-0.1, -0.05) is 11.3 Å². The SMILES string of the molecule is COc1cc2c(OC)cc(S)cc2s1. The van der Waals surface area contributed by atoms with Gasteiger partial charge in [-0.15, -0.1) is 12.6 Å². The average Bonchev–Trinajstić information content (AvgIpc) is 2.59. The maximum Gasteiger partial charge on any atom is 0.174 e. The Morgan fingerprint density at radius 3 is 2.57 bits per heavy atom. The zero-order valence-electron chi connectivity index (χ0n) is 7.90. The summed E-state index contributed by atoms with van der Waals surface area (Å²) in [6.07, 6.45) is 0. The van der Waals surface area contributed by atoms with Gasteiger partial charge in [-0.05, 0) is 12.1 Å². The molecule has 4 heteroatoms. The quantitative estimate of drug-likeness (QED) is 0.793. The number of thiophene rings is 1. The number of hydrogen-bond donors (Lipinski definition) is 1.